The van der Waals surface area contributed by atoms with Crippen LogP contribution in [0.25, 0.3) is 0 Å². The number of ether oxygens (including phenoxy) is 1. The van der Waals surface area contributed by atoms with Crippen LogP contribution in [0.1, 0.15) is 52.9 Å². The van der Waals surface area contributed by atoms with Crippen molar-refractivity contribution in [2.24, 2.45) is 11.3 Å². The van der Waals surface area contributed by atoms with Crippen molar-refractivity contribution in [1.29, 1.82) is 0 Å². The summed E-state index contributed by atoms with van der Waals surface area (Å²) in [7, 11) is 0. The van der Waals surface area contributed by atoms with Crippen molar-refractivity contribution in [2.75, 3.05) is 26.3 Å². The van der Waals surface area contributed by atoms with Gasteiger partial charge >= 0.3 is 0 Å². The molecule has 2 rings (SSSR count). The Morgan fingerprint density at radius 2 is 2.00 bits per heavy atom. The molecule has 2 fully saturated rings. The summed E-state index contributed by atoms with van der Waals surface area (Å²) in [6.45, 7) is 10.8. The zero-order valence-corrected chi connectivity index (χ0v) is 12.9. The fourth-order valence-electron chi connectivity index (χ4n) is 3.62. The van der Waals surface area contributed by atoms with Crippen molar-refractivity contribution < 1.29 is 9.84 Å². The Morgan fingerprint density at radius 1 is 1.21 bits per heavy atom. The first-order valence-electron chi connectivity index (χ1n) is 8.04. The molecule has 0 aromatic rings. The number of hydrogen-bond acceptors (Lipinski definition) is 3. The van der Waals surface area contributed by atoms with Crippen molar-refractivity contribution in [3.63, 3.8) is 0 Å². The summed E-state index contributed by atoms with van der Waals surface area (Å²) >= 11 is 0. The Kier molecular flexibility index (Phi) is 5.27. The summed E-state index contributed by atoms with van der Waals surface area (Å²) in [4.78, 5) is 2.48. The molecular formula is C16H31NO2. The zero-order valence-electron chi connectivity index (χ0n) is 12.9. The molecule has 3 atom stereocenters. The monoisotopic (exact) mass is 269 g/mol. The molecule has 1 aliphatic carbocycles. The van der Waals surface area contributed by atoms with Crippen molar-refractivity contribution in [3.8, 4) is 0 Å². The largest absolute Gasteiger partial charge is 0.391 e. The number of rotatable bonds is 3. The Balaban J connectivity index is 2.01. The van der Waals surface area contributed by atoms with Gasteiger partial charge in [-0.3, -0.25) is 4.90 Å². The summed E-state index contributed by atoms with van der Waals surface area (Å²) in [6, 6.07) is 0.353. The zero-order chi connectivity index (χ0) is 13.9. The SMILES string of the molecule is CCC(C)(C)C1CCC(O)C(N2CCCOCC2)C1. The predicted molar refractivity (Wildman–Crippen MR) is 78.2 cm³/mol. The second-order valence-electron chi connectivity index (χ2n) is 6.99. The number of hydrogen-bond donors (Lipinski definition) is 1. The minimum atomic E-state index is -0.137. The molecule has 0 radical (unpaired) electrons. The average Bonchev–Trinajstić information content (AvgIpc) is 2.68. The Labute approximate surface area is 118 Å². The van der Waals surface area contributed by atoms with Crippen molar-refractivity contribution >= 4 is 0 Å². The van der Waals surface area contributed by atoms with Gasteiger partial charge in [-0.15, -0.1) is 0 Å². The molecule has 1 heterocycles. The molecule has 0 amide bonds. The fraction of sp³-hybridized carbons (Fsp3) is 1.00. The highest BCUT2D eigenvalue weighted by molar-refractivity contribution is 4.92. The summed E-state index contributed by atoms with van der Waals surface area (Å²) < 4.78 is 5.54. The predicted octanol–water partition coefficient (Wildman–Crippen LogP) is 2.67. The van der Waals surface area contributed by atoms with E-state index in [4.69, 9.17) is 4.74 Å². The van der Waals surface area contributed by atoms with Crippen LogP contribution in [0.5, 0.6) is 0 Å². The van der Waals surface area contributed by atoms with E-state index >= 15 is 0 Å². The molecule has 19 heavy (non-hydrogen) atoms. The second kappa shape index (κ2) is 6.55. The summed E-state index contributed by atoms with van der Waals surface area (Å²) in [5.41, 5.74) is 0.404. The standard InChI is InChI=1S/C16H31NO2/c1-4-16(2,3)13-6-7-15(18)14(12-13)17-8-5-10-19-11-9-17/h13-15,18H,4-12H2,1-3H3. The van der Waals surface area contributed by atoms with Gasteiger partial charge in [0, 0.05) is 25.7 Å². The highest BCUT2D eigenvalue weighted by Gasteiger charge is 2.38. The first-order chi connectivity index (χ1) is 9.04. The highest BCUT2D eigenvalue weighted by Crippen LogP contribution is 2.41. The third-order valence-electron chi connectivity index (χ3n) is 5.52. The van der Waals surface area contributed by atoms with E-state index in [0.717, 1.165) is 51.5 Å². The molecular weight excluding hydrogens is 238 g/mol. The highest BCUT2D eigenvalue weighted by atomic mass is 16.5. The maximum atomic E-state index is 10.4. The van der Waals surface area contributed by atoms with Gasteiger partial charge in [-0.05, 0) is 37.0 Å². The van der Waals surface area contributed by atoms with E-state index in [0.29, 0.717) is 11.5 Å². The van der Waals surface area contributed by atoms with E-state index in [1.165, 1.54) is 12.8 Å². The third-order valence-corrected chi connectivity index (χ3v) is 5.52. The van der Waals surface area contributed by atoms with Gasteiger partial charge in [0.2, 0.25) is 0 Å². The van der Waals surface area contributed by atoms with Gasteiger partial charge in [0.15, 0.2) is 0 Å². The summed E-state index contributed by atoms with van der Waals surface area (Å²) in [5, 5.41) is 10.4. The van der Waals surface area contributed by atoms with Crippen molar-refractivity contribution in [1.82, 2.24) is 4.90 Å². The van der Waals surface area contributed by atoms with Crippen LogP contribution in [-0.4, -0.2) is 48.5 Å². The molecule has 3 unspecified atom stereocenters. The topological polar surface area (TPSA) is 32.7 Å². The minimum Gasteiger partial charge on any atom is -0.391 e. The maximum Gasteiger partial charge on any atom is 0.0695 e. The molecule has 1 aliphatic heterocycles. The Morgan fingerprint density at radius 3 is 2.74 bits per heavy atom. The van der Waals surface area contributed by atoms with Gasteiger partial charge in [0.25, 0.3) is 0 Å². The lowest BCUT2D eigenvalue weighted by Crippen LogP contribution is -2.50. The van der Waals surface area contributed by atoms with E-state index in [1.54, 1.807) is 0 Å². The first-order valence-corrected chi connectivity index (χ1v) is 8.04. The lowest BCUT2D eigenvalue weighted by atomic mass is 9.67. The number of aliphatic hydroxyl groups is 1. The molecule has 0 aromatic heterocycles. The molecule has 1 N–H and O–H groups in total. The van der Waals surface area contributed by atoms with Crippen LogP contribution in [0, 0.1) is 11.3 Å². The quantitative estimate of drug-likeness (QED) is 0.855. The van der Waals surface area contributed by atoms with E-state index in [9.17, 15) is 5.11 Å². The van der Waals surface area contributed by atoms with Crippen LogP contribution >= 0.6 is 0 Å². The normalized spacial score (nSPS) is 35.1. The van der Waals surface area contributed by atoms with Crippen LogP contribution < -0.4 is 0 Å². The van der Waals surface area contributed by atoms with E-state index in [1.807, 2.05) is 0 Å². The molecule has 0 aromatic carbocycles. The minimum absolute atomic E-state index is 0.137. The summed E-state index contributed by atoms with van der Waals surface area (Å²) in [6.07, 6.45) is 5.50. The van der Waals surface area contributed by atoms with E-state index < -0.39 is 0 Å². The molecule has 0 bridgehead atoms. The fourth-order valence-corrected chi connectivity index (χ4v) is 3.62. The van der Waals surface area contributed by atoms with Gasteiger partial charge in [0.1, 0.15) is 0 Å². The maximum absolute atomic E-state index is 10.4. The van der Waals surface area contributed by atoms with E-state index in [2.05, 4.69) is 25.7 Å². The van der Waals surface area contributed by atoms with Gasteiger partial charge in [-0.2, -0.15) is 0 Å². The molecule has 1 saturated heterocycles. The van der Waals surface area contributed by atoms with Gasteiger partial charge in [-0.1, -0.05) is 27.2 Å². The smallest absolute Gasteiger partial charge is 0.0695 e. The number of aliphatic hydroxyl groups excluding tert-OH is 1. The molecule has 3 heteroatoms. The van der Waals surface area contributed by atoms with Crippen LogP contribution in [0.3, 0.4) is 0 Å². The summed E-state index contributed by atoms with van der Waals surface area (Å²) in [5.74, 6) is 0.745. The van der Waals surface area contributed by atoms with Gasteiger partial charge < -0.3 is 9.84 Å². The third kappa shape index (κ3) is 3.71. The number of nitrogens with zero attached hydrogens (tertiary/aromatic N) is 1. The molecule has 1 saturated carbocycles. The van der Waals surface area contributed by atoms with Gasteiger partial charge in [0.05, 0.1) is 12.7 Å². The molecule has 3 nitrogen and oxygen atoms in total. The molecule has 0 spiro atoms. The van der Waals surface area contributed by atoms with E-state index in [-0.39, 0.29) is 6.10 Å². The Hall–Kier alpha value is -0.120. The van der Waals surface area contributed by atoms with Crippen molar-refractivity contribution in [3.05, 3.63) is 0 Å². The van der Waals surface area contributed by atoms with Crippen LogP contribution in [-0.2, 0) is 4.74 Å². The average molecular weight is 269 g/mol. The van der Waals surface area contributed by atoms with Crippen LogP contribution in [0.15, 0.2) is 0 Å². The molecule has 112 valence electrons. The van der Waals surface area contributed by atoms with Crippen LogP contribution in [0.4, 0.5) is 0 Å². The lowest BCUT2D eigenvalue weighted by molar-refractivity contribution is -0.0211. The Bertz CT molecular complexity index is 272. The second-order valence-corrected chi connectivity index (χ2v) is 6.99. The van der Waals surface area contributed by atoms with Gasteiger partial charge in [-0.25, -0.2) is 0 Å². The molecule has 2 aliphatic rings. The first kappa shape index (κ1) is 15.3. The van der Waals surface area contributed by atoms with Crippen molar-refractivity contribution in [2.45, 2.75) is 65.0 Å². The lowest BCUT2D eigenvalue weighted by Gasteiger charge is -2.45. The van der Waals surface area contributed by atoms with Crippen LogP contribution in [0.2, 0.25) is 0 Å².